The lowest BCUT2D eigenvalue weighted by molar-refractivity contribution is 0.0949. The smallest absolute Gasteiger partial charge is 0.259 e. The van der Waals surface area contributed by atoms with Crippen LogP contribution in [-0.2, 0) is 12.8 Å². The number of aryl methyl sites for hydroxylation is 2. The van der Waals surface area contributed by atoms with Crippen molar-refractivity contribution < 1.29 is 9.32 Å². The first-order chi connectivity index (χ1) is 9.58. The van der Waals surface area contributed by atoms with Crippen LogP contribution in [0.15, 0.2) is 4.52 Å². The molecule has 0 aromatic carbocycles. The Bertz CT molecular complexity index is 673. The van der Waals surface area contributed by atoms with Gasteiger partial charge in [0.2, 0.25) is 0 Å². The van der Waals surface area contributed by atoms with Crippen molar-refractivity contribution in [3.63, 3.8) is 0 Å². The first kappa shape index (κ1) is 13.1. The van der Waals surface area contributed by atoms with Crippen molar-refractivity contribution in [2.45, 2.75) is 40.0 Å². The number of aromatic nitrogens is 2. The van der Waals surface area contributed by atoms with E-state index >= 15 is 0 Å². The third-order valence-electron chi connectivity index (χ3n) is 3.72. The van der Waals surface area contributed by atoms with Gasteiger partial charge in [0.15, 0.2) is 0 Å². The molecule has 106 valence electrons. The van der Waals surface area contributed by atoms with E-state index in [2.05, 4.69) is 29.3 Å². The highest BCUT2D eigenvalue weighted by Crippen LogP contribution is 2.31. The molecule has 0 saturated heterocycles. The molecule has 0 radical (unpaired) electrons. The highest BCUT2D eigenvalue weighted by Gasteiger charge is 2.26. The Morgan fingerprint density at radius 1 is 1.40 bits per heavy atom. The highest BCUT2D eigenvalue weighted by molar-refractivity contribution is 6.07. The van der Waals surface area contributed by atoms with Crippen LogP contribution in [0, 0.1) is 12.8 Å². The van der Waals surface area contributed by atoms with Gasteiger partial charge in [-0.05, 0) is 37.7 Å². The van der Waals surface area contributed by atoms with Crippen LogP contribution in [0.25, 0.3) is 11.1 Å². The lowest BCUT2D eigenvalue weighted by Crippen LogP contribution is -2.28. The minimum Gasteiger partial charge on any atom is -0.352 e. The number of hydrogen-bond donors (Lipinski definition) is 1. The van der Waals surface area contributed by atoms with Gasteiger partial charge in [0.1, 0.15) is 0 Å². The zero-order valence-corrected chi connectivity index (χ0v) is 12.1. The Balaban J connectivity index is 2.12. The van der Waals surface area contributed by atoms with E-state index in [-0.39, 0.29) is 5.91 Å². The Morgan fingerprint density at radius 2 is 2.20 bits per heavy atom. The Kier molecular flexibility index (Phi) is 3.20. The van der Waals surface area contributed by atoms with E-state index in [4.69, 9.17) is 4.52 Å². The van der Waals surface area contributed by atoms with Gasteiger partial charge in [-0.1, -0.05) is 19.0 Å². The topological polar surface area (TPSA) is 68.0 Å². The molecule has 1 amide bonds. The Hall–Kier alpha value is -1.91. The van der Waals surface area contributed by atoms with Crippen LogP contribution in [0.4, 0.5) is 0 Å². The molecule has 0 spiro atoms. The monoisotopic (exact) mass is 273 g/mol. The van der Waals surface area contributed by atoms with Crippen LogP contribution in [0.5, 0.6) is 0 Å². The second kappa shape index (κ2) is 4.89. The van der Waals surface area contributed by atoms with Crippen molar-refractivity contribution >= 4 is 17.0 Å². The first-order valence-corrected chi connectivity index (χ1v) is 7.14. The second-order valence-corrected chi connectivity index (χ2v) is 5.82. The van der Waals surface area contributed by atoms with Gasteiger partial charge in [-0.2, -0.15) is 0 Å². The number of carbonyl (C=O) groups is 1. The summed E-state index contributed by atoms with van der Waals surface area (Å²) in [6.45, 7) is 6.69. The number of rotatable bonds is 3. The molecule has 5 nitrogen and oxygen atoms in total. The zero-order valence-electron chi connectivity index (χ0n) is 12.1. The van der Waals surface area contributed by atoms with Crippen molar-refractivity contribution in [1.29, 1.82) is 0 Å². The molecular weight excluding hydrogens is 254 g/mol. The van der Waals surface area contributed by atoms with E-state index in [1.165, 1.54) is 0 Å². The number of pyridine rings is 1. The van der Waals surface area contributed by atoms with Crippen LogP contribution in [0.2, 0.25) is 0 Å². The van der Waals surface area contributed by atoms with E-state index in [9.17, 15) is 4.79 Å². The van der Waals surface area contributed by atoms with Gasteiger partial charge in [-0.3, -0.25) is 4.79 Å². The van der Waals surface area contributed by atoms with Crippen molar-refractivity contribution in [2.24, 2.45) is 5.92 Å². The fourth-order valence-corrected chi connectivity index (χ4v) is 2.75. The molecule has 20 heavy (non-hydrogen) atoms. The number of carbonyl (C=O) groups excluding carboxylic acids is 1. The highest BCUT2D eigenvalue weighted by atomic mass is 16.5. The van der Waals surface area contributed by atoms with Crippen LogP contribution in [0.3, 0.4) is 0 Å². The Morgan fingerprint density at radius 3 is 2.95 bits per heavy atom. The summed E-state index contributed by atoms with van der Waals surface area (Å²) in [4.78, 5) is 17.1. The third-order valence-corrected chi connectivity index (χ3v) is 3.72. The van der Waals surface area contributed by atoms with Gasteiger partial charge in [0.25, 0.3) is 11.6 Å². The average molecular weight is 273 g/mol. The summed E-state index contributed by atoms with van der Waals surface area (Å²) in [5.74, 6) is 0.392. The number of nitrogens with zero attached hydrogens (tertiary/aromatic N) is 2. The molecule has 1 aliphatic carbocycles. The third kappa shape index (κ3) is 2.07. The van der Waals surface area contributed by atoms with Gasteiger partial charge < -0.3 is 9.84 Å². The van der Waals surface area contributed by atoms with Crippen LogP contribution >= 0.6 is 0 Å². The fraction of sp³-hybridized carbons (Fsp3) is 0.533. The quantitative estimate of drug-likeness (QED) is 0.932. The molecule has 2 heterocycles. The van der Waals surface area contributed by atoms with Crippen molar-refractivity contribution in [3.05, 3.63) is 22.5 Å². The maximum atomic E-state index is 12.6. The first-order valence-electron chi connectivity index (χ1n) is 7.14. The normalized spacial score (nSPS) is 14.0. The maximum absolute atomic E-state index is 12.6. The van der Waals surface area contributed by atoms with Crippen LogP contribution in [0.1, 0.15) is 47.6 Å². The Labute approximate surface area is 117 Å². The molecule has 5 heteroatoms. The van der Waals surface area contributed by atoms with Crippen molar-refractivity contribution in [1.82, 2.24) is 15.5 Å². The van der Waals surface area contributed by atoms with E-state index in [0.29, 0.717) is 18.2 Å². The van der Waals surface area contributed by atoms with Gasteiger partial charge >= 0.3 is 0 Å². The molecule has 0 atom stereocenters. The molecule has 1 aliphatic rings. The largest absolute Gasteiger partial charge is 0.352 e. The number of amides is 1. The van der Waals surface area contributed by atoms with Gasteiger partial charge in [0.05, 0.1) is 16.6 Å². The standard InChI is InChI=1S/C15H19N3O2/c1-8(2)7-16-14(19)13-10-5-4-6-11(10)17-15-12(13)9(3)18-20-15/h8H,4-7H2,1-3H3,(H,16,19). The molecule has 2 aromatic heterocycles. The molecule has 0 saturated carbocycles. The molecule has 1 N–H and O–H groups in total. The summed E-state index contributed by atoms with van der Waals surface area (Å²) < 4.78 is 5.25. The summed E-state index contributed by atoms with van der Waals surface area (Å²) in [7, 11) is 0. The van der Waals surface area contributed by atoms with Crippen molar-refractivity contribution in [2.75, 3.05) is 6.54 Å². The lowest BCUT2D eigenvalue weighted by Gasteiger charge is -2.11. The van der Waals surface area contributed by atoms with E-state index in [1.54, 1.807) is 0 Å². The van der Waals surface area contributed by atoms with Crippen molar-refractivity contribution in [3.8, 4) is 0 Å². The molecule has 2 aromatic rings. The second-order valence-electron chi connectivity index (χ2n) is 5.82. The number of hydrogen-bond acceptors (Lipinski definition) is 4. The van der Waals surface area contributed by atoms with Gasteiger partial charge in [0, 0.05) is 12.2 Å². The molecule has 0 fully saturated rings. The van der Waals surface area contributed by atoms with Crippen LogP contribution in [-0.4, -0.2) is 22.6 Å². The molecule has 3 rings (SSSR count). The predicted molar refractivity (Wildman–Crippen MR) is 75.7 cm³/mol. The van der Waals surface area contributed by atoms with Crippen LogP contribution < -0.4 is 5.32 Å². The van der Waals surface area contributed by atoms with E-state index in [0.717, 1.165) is 47.2 Å². The van der Waals surface area contributed by atoms with E-state index < -0.39 is 0 Å². The summed E-state index contributed by atoms with van der Waals surface area (Å²) in [5.41, 5.74) is 4.00. The minimum absolute atomic E-state index is 0.0319. The molecule has 0 unspecified atom stereocenters. The molecule has 0 aliphatic heterocycles. The average Bonchev–Trinajstić information content (AvgIpc) is 3.01. The van der Waals surface area contributed by atoms with Gasteiger partial charge in [-0.25, -0.2) is 4.98 Å². The zero-order chi connectivity index (χ0) is 14.3. The summed E-state index contributed by atoms with van der Waals surface area (Å²) in [6, 6.07) is 0. The fourth-order valence-electron chi connectivity index (χ4n) is 2.75. The summed E-state index contributed by atoms with van der Waals surface area (Å²) in [5, 5.41) is 7.73. The summed E-state index contributed by atoms with van der Waals surface area (Å²) in [6.07, 6.45) is 2.87. The maximum Gasteiger partial charge on any atom is 0.259 e. The van der Waals surface area contributed by atoms with E-state index in [1.807, 2.05) is 6.92 Å². The number of nitrogens with one attached hydrogen (secondary N) is 1. The van der Waals surface area contributed by atoms with Gasteiger partial charge in [-0.15, -0.1) is 0 Å². The summed E-state index contributed by atoms with van der Waals surface area (Å²) >= 11 is 0. The number of fused-ring (bicyclic) bond motifs is 2. The predicted octanol–water partition coefficient (Wildman–Crippen LogP) is 2.41. The molecular formula is C15H19N3O2. The lowest BCUT2D eigenvalue weighted by atomic mass is 10.0. The molecule has 0 bridgehead atoms. The minimum atomic E-state index is -0.0319. The SMILES string of the molecule is Cc1noc2nc3c(c(C(=O)NCC(C)C)c12)CCC3.